The third-order valence-electron chi connectivity index (χ3n) is 7.39. The minimum absolute atomic E-state index is 0.0453. The lowest BCUT2D eigenvalue weighted by Gasteiger charge is -2.40. The molecule has 1 aliphatic rings. The Kier molecular flexibility index (Phi) is 7.81. The molecule has 8 heteroatoms. The molecule has 1 heterocycles. The summed E-state index contributed by atoms with van der Waals surface area (Å²) in [4.78, 5) is 27.9. The summed E-state index contributed by atoms with van der Waals surface area (Å²) in [7, 11) is 5.01. The van der Waals surface area contributed by atoms with Crippen molar-refractivity contribution in [1.82, 2.24) is 0 Å². The van der Waals surface area contributed by atoms with E-state index in [4.69, 9.17) is 14.2 Å². The molecule has 216 valence electrons. The number of carbonyl (C=O) groups excluding carboxylic acids is 2. The van der Waals surface area contributed by atoms with E-state index in [1.165, 1.54) is 0 Å². The van der Waals surface area contributed by atoms with Crippen molar-refractivity contribution in [2.75, 3.05) is 36.8 Å². The number of nitrogens with one attached hydrogen (secondary N) is 2. The first-order valence-corrected chi connectivity index (χ1v) is 13.7. The molecule has 0 aliphatic carbocycles. The fraction of sp³-hybridized carbons (Fsp3) is 0.235. The molecular weight excluding hydrogens is 530 g/mol. The largest absolute Gasteiger partial charge is 0.496 e. The van der Waals surface area contributed by atoms with Gasteiger partial charge < -0.3 is 29.7 Å². The molecule has 4 aromatic rings. The van der Waals surface area contributed by atoms with Crippen molar-refractivity contribution in [2.24, 2.45) is 0 Å². The number of methoxy groups -OCH3 is 2. The Bertz CT molecular complexity index is 1660. The summed E-state index contributed by atoms with van der Waals surface area (Å²) >= 11 is 0. The SMILES string of the molecule is COc1ccccc1NCc1c(-c2ccc(OC(=O)c3cccc(C)c3)cc2OC)ccc2c1N(C)C(=O)C(C)(C)N2. The number of amides is 1. The van der Waals surface area contributed by atoms with Crippen molar-refractivity contribution in [1.29, 1.82) is 0 Å². The van der Waals surface area contributed by atoms with Gasteiger partial charge in [-0.2, -0.15) is 0 Å². The minimum Gasteiger partial charge on any atom is -0.496 e. The van der Waals surface area contributed by atoms with Gasteiger partial charge in [-0.1, -0.05) is 35.9 Å². The number of anilines is 3. The lowest BCUT2D eigenvalue weighted by molar-refractivity contribution is -0.121. The third-order valence-corrected chi connectivity index (χ3v) is 7.39. The van der Waals surface area contributed by atoms with E-state index >= 15 is 0 Å². The first-order chi connectivity index (χ1) is 20.1. The molecule has 0 saturated carbocycles. The summed E-state index contributed by atoms with van der Waals surface area (Å²) in [6.07, 6.45) is 0. The van der Waals surface area contributed by atoms with E-state index in [1.54, 1.807) is 50.4 Å². The molecule has 4 aromatic carbocycles. The van der Waals surface area contributed by atoms with Crippen LogP contribution in [-0.4, -0.2) is 38.7 Å². The Labute approximate surface area is 246 Å². The van der Waals surface area contributed by atoms with Gasteiger partial charge in [0.2, 0.25) is 0 Å². The molecule has 1 aliphatic heterocycles. The Hall–Kier alpha value is -4.98. The Morgan fingerprint density at radius 3 is 2.38 bits per heavy atom. The maximum Gasteiger partial charge on any atom is 0.343 e. The highest BCUT2D eigenvalue weighted by Gasteiger charge is 2.38. The van der Waals surface area contributed by atoms with E-state index in [9.17, 15) is 9.59 Å². The van der Waals surface area contributed by atoms with Gasteiger partial charge in [0, 0.05) is 30.8 Å². The van der Waals surface area contributed by atoms with Crippen LogP contribution in [0.15, 0.2) is 78.9 Å². The first kappa shape index (κ1) is 28.5. The average molecular weight is 566 g/mol. The van der Waals surface area contributed by atoms with E-state index in [0.717, 1.165) is 39.3 Å². The third kappa shape index (κ3) is 5.48. The van der Waals surface area contributed by atoms with Crippen LogP contribution < -0.4 is 29.7 Å². The normalized spacial score (nSPS) is 13.6. The summed E-state index contributed by atoms with van der Waals surface area (Å²) in [5, 5.41) is 6.90. The van der Waals surface area contributed by atoms with Crippen molar-refractivity contribution in [2.45, 2.75) is 32.9 Å². The molecule has 0 bridgehead atoms. The van der Waals surface area contributed by atoms with Gasteiger partial charge in [-0.05, 0) is 68.8 Å². The monoisotopic (exact) mass is 565 g/mol. The van der Waals surface area contributed by atoms with Gasteiger partial charge in [0.1, 0.15) is 22.8 Å². The number of rotatable bonds is 8. The van der Waals surface area contributed by atoms with Crippen molar-refractivity contribution in [3.63, 3.8) is 0 Å². The summed E-state index contributed by atoms with van der Waals surface area (Å²) < 4.78 is 17.0. The minimum atomic E-state index is -0.753. The van der Waals surface area contributed by atoms with Crippen LogP contribution in [0.2, 0.25) is 0 Å². The average Bonchev–Trinajstić information content (AvgIpc) is 2.98. The number of esters is 1. The Morgan fingerprint density at radius 1 is 0.905 bits per heavy atom. The molecule has 42 heavy (non-hydrogen) atoms. The highest BCUT2D eigenvalue weighted by atomic mass is 16.5. The topological polar surface area (TPSA) is 89.1 Å². The smallest absolute Gasteiger partial charge is 0.343 e. The lowest BCUT2D eigenvalue weighted by atomic mass is 9.91. The Morgan fingerprint density at radius 2 is 1.64 bits per heavy atom. The lowest BCUT2D eigenvalue weighted by Crippen LogP contribution is -2.52. The number of aryl methyl sites for hydroxylation is 1. The number of hydrogen-bond acceptors (Lipinski definition) is 7. The summed E-state index contributed by atoms with van der Waals surface area (Å²) in [5.74, 6) is 1.12. The maximum atomic E-state index is 13.3. The molecule has 5 rings (SSSR count). The van der Waals surface area contributed by atoms with E-state index in [2.05, 4.69) is 10.6 Å². The number of likely N-dealkylation sites (N-methyl/N-ethyl adjacent to an activating group) is 1. The fourth-order valence-electron chi connectivity index (χ4n) is 5.33. The predicted octanol–water partition coefficient (Wildman–Crippen LogP) is 6.68. The zero-order chi connectivity index (χ0) is 30.0. The molecule has 0 radical (unpaired) electrons. The fourth-order valence-corrected chi connectivity index (χ4v) is 5.33. The zero-order valence-electron chi connectivity index (χ0n) is 24.7. The molecule has 0 saturated heterocycles. The summed E-state index contributed by atoms with van der Waals surface area (Å²) in [6.45, 7) is 6.06. The molecule has 0 unspecified atom stereocenters. The maximum absolute atomic E-state index is 13.3. The number of hydrogen-bond donors (Lipinski definition) is 2. The second-order valence-corrected chi connectivity index (χ2v) is 10.8. The molecular formula is C34H35N3O5. The number of benzene rings is 4. The van der Waals surface area contributed by atoms with E-state index in [0.29, 0.717) is 29.4 Å². The molecule has 0 fully saturated rings. The van der Waals surface area contributed by atoms with E-state index in [-0.39, 0.29) is 5.91 Å². The standard InChI is InChI=1S/C34H35N3O5/c1-21-10-9-11-22(18-21)32(38)42-23-14-15-25(30(19-23)41-6)24-16-17-28-31(37(4)33(39)34(2,3)36-28)26(24)20-35-27-12-7-8-13-29(27)40-5/h7-19,35-36H,20H2,1-6H3. The molecule has 0 atom stereocenters. The summed E-state index contributed by atoms with van der Waals surface area (Å²) in [5.41, 5.74) is 5.69. The molecule has 2 N–H and O–H groups in total. The van der Waals surface area contributed by atoms with Crippen molar-refractivity contribution in [3.8, 4) is 28.4 Å². The van der Waals surface area contributed by atoms with Crippen LogP contribution in [0, 0.1) is 6.92 Å². The highest BCUT2D eigenvalue weighted by Crippen LogP contribution is 2.45. The van der Waals surface area contributed by atoms with Gasteiger partial charge in [0.05, 0.1) is 36.8 Å². The second kappa shape index (κ2) is 11.5. The van der Waals surface area contributed by atoms with Gasteiger partial charge >= 0.3 is 5.97 Å². The predicted molar refractivity (Wildman–Crippen MR) is 166 cm³/mol. The molecule has 0 spiro atoms. The first-order valence-electron chi connectivity index (χ1n) is 13.7. The van der Waals surface area contributed by atoms with E-state index < -0.39 is 11.5 Å². The van der Waals surface area contributed by atoms with Crippen LogP contribution in [0.1, 0.15) is 35.3 Å². The number of carbonyl (C=O) groups is 2. The van der Waals surface area contributed by atoms with Gasteiger partial charge in [0.25, 0.3) is 5.91 Å². The number of ether oxygens (including phenoxy) is 3. The molecule has 1 amide bonds. The van der Waals surface area contributed by atoms with Crippen LogP contribution in [0.4, 0.5) is 17.1 Å². The van der Waals surface area contributed by atoms with Crippen LogP contribution in [0.3, 0.4) is 0 Å². The van der Waals surface area contributed by atoms with Gasteiger partial charge in [0.15, 0.2) is 0 Å². The quantitative estimate of drug-likeness (QED) is 0.182. The van der Waals surface area contributed by atoms with Crippen LogP contribution >= 0.6 is 0 Å². The van der Waals surface area contributed by atoms with Crippen molar-refractivity contribution in [3.05, 3.63) is 95.6 Å². The Balaban J connectivity index is 1.57. The summed E-state index contributed by atoms with van der Waals surface area (Å²) in [6, 6.07) is 24.3. The van der Waals surface area contributed by atoms with Crippen LogP contribution in [-0.2, 0) is 11.3 Å². The van der Waals surface area contributed by atoms with Crippen LogP contribution in [0.5, 0.6) is 17.2 Å². The van der Waals surface area contributed by atoms with Gasteiger partial charge in [-0.15, -0.1) is 0 Å². The van der Waals surface area contributed by atoms with E-state index in [1.807, 2.05) is 75.4 Å². The van der Waals surface area contributed by atoms with Crippen molar-refractivity contribution < 1.29 is 23.8 Å². The number of nitrogens with zero attached hydrogens (tertiary/aromatic N) is 1. The molecule has 8 nitrogen and oxygen atoms in total. The van der Waals surface area contributed by atoms with Gasteiger partial charge in [-0.3, -0.25) is 4.79 Å². The second-order valence-electron chi connectivity index (χ2n) is 10.8. The number of para-hydroxylation sites is 2. The highest BCUT2D eigenvalue weighted by molar-refractivity contribution is 6.09. The molecule has 0 aromatic heterocycles. The number of fused-ring (bicyclic) bond motifs is 1. The van der Waals surface area contributed by atoms with Crippen LogP contribution in [0.25, 0.3) is 11.1 Å². The zero-order valence-corrected chi connectivity index (χ0v) is 24.7. The van der Waals surface area contributed by atoms with Crippen molar-refractivity contribution >= 4 is 28.9 Å². The van der Waals surface area contributed by atoms with Gasteiger partial charge in [-0.25, -0.2) is 4.79 Å².